The van der Waals surface area contributed by atoms with E-state index in [9.17, 15) is 9.59 Å². The van der Waals surface area contributed by atoms with Crippen molar-refractivity contribution in [2.75, 3.05) is 19.3 Å². The van der Waals surface area contributed by atoms with E-state index in [0.717, 1.165) is 12.5 Å². The zero-order chi connectivity index (χ0) is 12.3. The fraction of sp³-hybridized carbons (Fsp3) is 0.818. The molecule has 0 aliphatic heterocycles. The number of nitrogens with zero attached hydrogens (tertiary/aromatic N) is 1. The molecule has 0 bridgehead atoms. The summed E-state index contributed by atoms with van der Waals surface area (Å²) in [4.78, 5) is 24.6. The van der Waals surface area contributed by atoms with Crippen LogP contribution >= 0.6 is 12.6 Å². The van der Waals surface area contributed by atoms with Gasteiger partial charge in [-0.1, -0.05) is 6.92 Å². The molecule has 3 unspecified atom stereocenters. The average Bonchev–Trinajstić information content (AvgIpc) is 2.89. The highest BCUT2D eigenvalue weighted by atomic mass is 32.1. The first-order chi connectivity index (χ1) is 7.45. The Morgan fingerprint density at radius 2 is 2.12 bits per heavy atom. The molecule has 4 nitrogen and oxygen atoms in total. The standard InChI is InChI=1S/C11H20N2O2S/c1-7-4-9(7)5-13(3)11(15)10(6-16)12-8(2)14/h7,9-10,16H,4-6H2,1-3H3,(H,12,14). The lowest BCUT2D eigenvalue weighted by Gasteiger charge is -2.23. The molecule has 1 fully saturated rings. The predicted octanol–water partition coefficient (Wildman–Crippen LogP) is 0.535. The van der Waals surface area contributed by atoms with E-state index in [4.69, 9.17) is 0 Å². The largest absolute Gasteiger partial charge is 0.344 e. The van der Waals surface area contributed by atoms with Crippen molar-refractivity contribution in [2.24, 2.45) is 11.8 Å². The van der Waals surface area contributed by atoms with Gasteiger partial charge in [-0.25, -0.2) is 0 Å². The Balaban J connectivity index is 2.43. The van der Waals surface area contributed by atoms with E-state index >= 15 is 0 Å². The third-order valence-corrected chi connectivity index (χ3v) is 3.38. The molecule has 1 aliphatic rings. The van der Waals surface area contributed by atoms with E-state index in [1.165, 1.54) is 13.3 Å². The fourth-order valence-corrected chi connectivity index (χ4v) is 2.04. The van der Waals surface area contributed by atoms with Gasteiger partial charge in [0.05, 0.1) is 0 Å². The van der Waals surface area contributed by atoms with Gasteiger partial charge < -0.3 is 10.2 Å². The first-order valence-electron chi connectivity index (χ1n) is 5.58. The van der Waals surface area contributed by atoms with E-state index in [-0.39, 0.29) is 11.8 Å². The molecule has 0 heterocycles. The number of nitrogens with one attached hydrogen (secondary N) is 1. The van der Waals surface area contributed by atoms with Crippen LogP contribution in [-0.2, 0) is 9.59 Å². The van der Waals surface area contributed by atoms with Crippen LogP contribution in [0.15, 0.2) is 0 Å². The predicted molar refractivity (Wildman–Crippen MR) is 66.4 cm³/mol. The second kappa shape index (κ2) is 5.57. The summed E-state index contributed by atoms with van der Waals surface area (Å²) in [5.41, 5.74) is 0. The summed E-state index contributed by atoms with van der Waals surface area (Å²) in [5.74, 6) is 1.45. The Bertz CT molecular complexity index is 283. The molecule has 3 atom stereocenters. The monoisotopic (exact) mass is 244 g/mol. The Kier molecular flexibility index (Phi) is 4.65. The lowest BCUT2D eigenvalue weighted by molar-refractivity contribution is -0.134. The van der Waals surface area contributed by atoms with E-state index in [1.807, 2.05) is 0 Å². The molecule has 1 aliphatic carbocycles. The zero-order valence-electron chi connectivity index (χ0n) is 10.1. The highest BCUT2D eigenvalue weighted by Gasteiger charge is 2.35. The smallest absolute Gasteiger partial charge is 0.245 e. The first kappa shape index (κ1) is 13.4. The molecule has 16 heavy (non-hydrogen) atoms. The van der Waals surface area contributed by atoms with Gasteiger partial charge in [0.15, 0.2) is 0 Å². The summed E-state index contributed by atoms with van der Waals surface area (Å²) in [6.45, 7) is 4.38. The minimum Gasteiger partial charge on any atom is -0.344 e. The minimum absolute atomic E-state index is 0.0516. The summed E-state index contributed by atoms with van der Waals surface area (Å²) in [7, 11) is 1.78. The molecule has 1 rings (SSSR count). The molecular formula is C11H20N2O2S. The van der Waals surface area contributed by atoms with Crippen molar-refractivity contribution in [3.8, 4) is 0 Å². The van der Waals surface area contributed by atoms with Gasteiger partial charge in [-0.2, -0.15) is 12.6 Å². The van der Waals surface area contributed by atoms with Crippen molar-refractivity contribution in [1.29, 1.82) is 0 Å². The van der Waals surface area contributed by atoms with Crippen molar-refractivity contribution < 1.29 is 9.59 Å². The normalized spacial score (nSPS) is 24.8. The fourth-order valence-electron chi connectivity index (χ4n) is 1.79. The van der Waals surface area contributed by atoms with Crippen molar-refractivity contribution in [2.45, 2.75) is 26.3 Å². The summed E-state index contributed by atoms with van der Waals surface area (Å²) in [6, 6.07) is -0.500. The molecule has 2 amide bonds. The van der Waals surface area contributed by atoms with E-state index in [0.29, 0.717) is 11.7 Å². The molecule has 0 spiro atoms. The summed E-state index contributed by atoms with van der Waals surface area (Å²) in [5, 5.41) is 2.61. The lowest BCUT2D eigenvalue weighted by Crippen LogP contribution is -2.48. The van der Waals surface area contributed by atoms with Gasteiger partial charge in [-0.05, 0) is 18.3 Å². The highest BCUT2D eigenvalue weighted by Crippen LogP contribution is 2.37. The van der Waals surface area contributed by atoms with Gasteiger partial charge in [0.25, 0.3) is 0 Å². The second-order valence-corrected chi connectivity index (χ2v) is 4.99. The molecule has 5 heteroatoms. The second-order valence-electron chi connectivity index (χ2n) is 4.63. The number of hydrogen-bond acceptors (Lipinski definition) is 3. The third kappa shape index (κ3) is 3.70. The van der Waals surface area contributed by atoms with E-state index < -0.39 is 6.04 Å². The summed E-state index contributed by atoms with van der Waals surface area (Å²) >= 11 is 4.09. The number of thiol groups is 1. The number of carbonyl (C=O) groups is 2. The van der Waals surface area contributed by atoms with Gasteiger partial charge in [0, 0.05) is 26.3 Å². The number of hydrogen-bond donors (Lipinski definition) is 2. The van der Waals surface area contributed by atoms with Gasteiger partial charge in [-0.3, -0.25) is 9.59 Å². The molecule has 1 N–H and O–H groups in total. The van der Waals surface area contributed by atoms with Crippen LogP contribution in [-0.4, -0.2) is 42.1 Å². The molecule has 1 saturated carbocycles. The Morgan fingerprint density at radius 3 is 2.50 bits per heavy atom. The molecule has 0 saturated heterocycles. The molecule has 0 aromatic rings. The van der Waals surface area contributed by atoms with Gasteiger partial charge >= 0.3 is 0 Å². The maximum Gasteiger partial charge on any atom is 0.245 e. The van der Waals surface area contributed by atoms with Crippen molar-refractivity contribution in [3.05, 3.63) is 0 Å². The maximum atomic E-state index is 11.9. The zero-order valence-corrected chi connectivity index (χ0v) is 11.0. The summed E-state index contributed by atoms with van der Waals surface area (Å²) in [6.07, 6.45) is 1.20. The van der Waals surface area contributed by atoms with Gasteiger partial charge in [0.1, 0.15) is 6.04 Å². The molecule has 0 aromatic carbocycles. The number of likely N-dealkylation sites (N-methyl/N-ethyl adjacent to an activating group) is 1. The molecule has 92 valence electrons. The molecular weight excluding hydrogens is 224 g/mol. The van der Waals surface area contributed by atoms with Crippen LogP contribution in [0.3, 0.4) is 0 Å². The van der Waals surface area contributed by atoms with Gasteiger partial charge in [-0.15, -0.1) is 0 Å². The topological polar surface area (TPSA) is 49.4 Å². The highest BCUT2D eigenvalue weighted by molar-refractivity contribution is 7.80. The first-order valence-corrected chi connectivity index (χ1v) is 6.22. The quantitative estimate of drug-likeness (QED) is 0.693. The van der Waals surface area contributed by atoms with Crippen LogP contribution in [0.1, 0.15) is 20.3 Å². The Morgan fingerprint density at radius 1 is 1.56 bits per heavy atom. The Labute approximate surface area is 102 Å². The summed E-state index contributed by atoms with van der Waals surface area (Å²) < 4.78 is 0. The lowest BCUT2D eigenvalue weighted by atomic mass is 10.2. The van der Waals surface area contributed by atoms with Crippen LogP contribution in [0.2, 0.25) is 0 Å². The van der Waals surface area contributed by atoms with Crippen LogP contribution in [0.4, 0.5) is 0 Å². The van der Waals surface area contributed by atoms with Crippen LogP contribution < -0.4 is 5.32 Å². The molecule has 0 aromatic heterocycles. The van der Waals surface area contributed by atoms with Crippen molar-refractivity contribution >= 4 is 24.4 Å². The van der Waals surface area contributed by atoms with Crippen LogP contribution in [0.5, 0.6) is 0 Å². The minimum atomic E-state index is -0.500. The average molecular weight is 244 g/mol. The van der Waals surface area contributed by atoms with E-state index in [1.54, 1.807) is 11.9 Å². The van der Waals surface area contributed by atoms with Gasteiger partial charge in [0.2, 0.25) is 11.8 Å². The number of amides is 2. The maximum absolute atomic E-state index is 11.9. The van der Waals surface area contributed by atoms with Crippen molar-refractivity contribution in [1.82, 2.24) is 10.2 Å². The van der Waals surface area contributed by atoms with Crippen LogP contribution in [0.25, 0.3) is 0 Å². The van der Waals surface area contributed by atoms with E-state index in [2.05, 4.69) is 24.9 Å². The Hall–Kier alpha value is -0.710. The number of carbonyl (C=O) groups excluding carboxylic acids is 2. The number of rotatable bonds is 5. The SMILES string of the molecule is CC(=O)NC(CS)C(=O)N(C)CC1CC1C. The molecule has 0 radical (unpaired) electrons. The third-order valence-electron chi connectivity index (χ3n) is 3.02. The van der Waals surface area contributed by atoms with Crippen LogP contribution in [0, 0.1) is 11.8 Å². The van der Waals surface area contributed by atoms with Crippen molar-refractivity contribution in [3.63, 3.8) is 0 Å².